The van der Waals surface area contributed by atoms with Gasteiger partial charge in [-0.25, -0.2) is 0 Å². The second-order valence-corrected chi connectivity index (χ2v) is 6.26. The van der Waals surface area contributed by atoms with Crippen LogP contribution in [0.4, 0.5) is 5.82 Å². The molecule has 1 saturated heterocycles. The third kappa shape index (κ3) is 2.42. The molecule has 20 heavy (non-hydrogen) atoms. The van der Waals surface area contributed by atoms with E-state index < -0.39 is 0 Å². The van der Waals surface area contributed by atoms with Crippen LogP contribution in [0.5, 0.6) is 0 Å². The third-order valence-corrected chi connectivity index (χ3v) is 4.63. The molecule has 110 valence electrons. The zero-order valence-corrected chi connectivity index (χ0v) is 12.9. The van der Waals surface area contributed by atoms with Crippen molar-refractivity contribution in [3.05, 3.63) is 11.3 Å². The summed E-state index contributed by atoms with van der Waals surface area (Å²) >= 11 is 5.16. The van der Waals surface area contributed by atoms with E-state index >= 15 is 0 Å². The average molecular weight is 293 g/mol. The number of aromatic nitrogens is 2. The number of thiocarbonyl (C=S) groups is 1. The molecule has 0 amide bonds. The molecule has 3 heterocycles. The van der Waals surface area contributed by atoms with Crippen LogP contribution >= 0.6 is 12.2 Å². The fraction of sp³-hybridized carbons (Fsp3) is 0.714. The molecule has 1 fully saturated rings. The zero-order chi connectivity index (χ0) is 14.1. The number of piperidine rings is 1. The van der Waals surface area contributed by atoms with Gasteiger partial charge in [-0.3, -0.25) is 4.90 Å². The predicted molar refractivity (Wildman–Crippen MR) is 85.1 cm³/mol. The van der Waals surface area contributed by atoms with Gasteiger partial charge in [-0.15, -0.1) is 0 Å². The summed E-state index contributed by atoms with van der Waals surface area (Å²) in [6.45, 7) is 2.12. The third-order valence-electron chi connectivity index (χ3n) is 4.46. The Labute approximate surface area is 125 Å². The van der Waals surface area contributed by atoms with Crippen molar-refractivity contribution in [3.63, 3.8) is 0 Å². The monoisotopic (exact) mass is 293 g/mol. The van der Waals surface area contributed by atoms with E-state index in [9.17, 15) is 0 Å². The number of rotatable bonds is 1. The molecule has 6 heteroatoms. The number of nitrogens with zero attached hydrogens (tertiary/aromatic N) is 3. The summed E-state index contributed by atoms with van der Waals surface area (Å²) in [5, 5.41) is 8.55. The van der Waals surface area contributed by atoms with Gasteiger partial charge in [0.1, 0.15) is 5.82 Å². The lowest BCUT2D eigenvalue weighted by atomic mass is 9.96. The smallest absolute Gasteiger partial charge is 0.193 e. The molecule has 2 aliphatic rings. The fourth-order valence-electron chi connectivity index (χ4n) is 3.38. The molecule has 1 aromatic rings. The SMILES string of the molecule is CN1CCCCC1c1nn(C(N)=S)c2c1CCCCN2. The van der Waals surface area contributed by atoms with Gasteiger partial charge in [0.15, 0.2) is 5.11 Å². The van der Waals surface area contributed by atoms with Crippen molar-refractivity contribution in [2.45, 2.75) is 44.6 Å². The van der Waals surface area contributed by atoms with E-state index in [1.54, 1.807) is 4.68 Å². The average Bonchev–Trinajstić information content (AvgIpc) is 2.63. The van der Waals surface area contributed by atoms with Crippen molar-refractivity contribution in [2.24, 2.45) is 5.73 Å². The van der Waals surface area contributed by atoms with E-state index in [1.807, 2.05) is 0 Å². The molecule has 2 aliphatic heterocycles. The summed E-state index contributed by atoms with van der Waals surface area (Å²) < 4.78 is 1.73. The van der Waals surface area contributed by atoms with Crippen molar-refractivity contribution in [1.82, 2.24) is 14.7 Å². The normalized spacial score (nSPS) is 23.8. The van der Waals surface area contributed by atoms with E-state index in [2.05, 4.69) is 17.3 Å². The number of likely N-dealkylation sites (tertiary alicyclic amines) is 1. The summed E-state index contributed by atoms with van der Waals surface area (Å²) in [6, 6.07) is 0.410. The molecule has 0 radical (unpaired) electrons. The van der Waals surface area contributed by atoms with Crippen LogP contribution in [0.15, 0.2) is 0 Å². The lowest BCUT2D eigenvalue weighted by Crippen LogP contribution is -2.31. The molecule has 0 spiro atoms. The Kier molecular flexibility index (Phi) is 3.94. The molecule has 3 rings (SSSR count). The van der Waals surface area contributed by atoms with Crippen LogP contribution in [-0.2, 0) is 6.42 Å². The second-order valence-electron chi connectivity index (χ2n) is 5.84. The van der Waals surface area contributed by atoms with E-state index in [0.717, 1.165) is 25.3 Å². The van der Waals surface area contributed by atoms with Crippen LogP contribution in [0.1, 0.15) is 49.4 Å². The standard InChI is InChI=1S/C14H23N5S/c1-18-9-5-3-7-11(18)12-10-6-2-4-8-16-13(10)19(17-12)14(15)20/h11,16H,2-9H2,1H3,(H2,15,20). The molecule has 5 nitrogen and oxygen atoms in total. The first kappa shape index (κ1) is 13.8. The lowest BCUT2D eigenvalue weighted by molar-refractivity contribution is 0.182. The quantitative estimate of drug-likeness (QED) is 0.774. The first-order chi connectivity index (χ1) is 9.68. The van der Waals surface area contributed by atoms with Gasteiger partial charge >= 0.3 is 0 Å². The van der Waals surface area contributed by atoms with Crippen molar-refractivity contribution in [1.29, 1.82) is 0 Å². The van der Waals surface area contributed by atoms with Crippen LogP contribution in [0, 0.1) is 0 Å². The maximum Gasteiger partial charge on any atom is 0.193 e. The summed E-state index contributed by atoms with van der Waals surface area (Å²) in [5.74, 6) is 1.03. The predicted octanol–water partition coefficient (Wildman–Crippen LogP) is 1.88. The highest BCUT2D eigenvalue weighted by molar-refractivity contribution is 7.80. The summed E-state index contributed by atoms with van der Waals surface area (Å²) in [5.41, 5.74) is 8.36. The fourth-order valence-corrected chi connectivity index (χ4v) is 3.51. The van der Waals surface area contributed by atoms with Gasteiger partial charge < -0.3 is 11.1 Å². The summed E-state index contributed by atoms with van der Waals surface area (Å²) in [6.07, 6.45) is 7.20. The first-order valence-electron chi connectivity index (χ1n) is 7.54. The van der Waals surface area contributed by atoms with Crippen molar-refractivity contribution >= 4 is 23.1 Å². The van der Waals surface area contributed by atoms with Crippen LogP contribution < -0.4 is 11.1 Å². The minimum atomic E-state index is 0.334. The minimum absolute atomic E-state index is 0.334. The van der Waals surface area contributed by atoms with Gasteiger partial charge in [-0.05, 0) is 57.9 Å². The van der Waals surface area contributed by atoms with Crippen molar-refractivity contribution in [3.8, 4) is 0 Å². The Bertz CT molecular complexity index is 510. The number of nitrogens with two attached hydrogens (primary N) is 1. The first-order valence-corrected chi connectivity index (χ1v) is 7.95. The minimum Gasteiger partial charge on any atom is -0.374 e. The Morgan fingerprint density at radius 3 is 2.95 bits per heavy atom. The van der Waals surface area contributed by atoms with E-state index in [0.29, 0.717) is 11.2 Å². The van der Waals surface area contributed by atoms with Gasteiger partial charge in [-0.1, -0.05) is 6.42 Å². The van der Waals surface area contributed by atoms with Gasteiger partial charge in [0.05, 0.1) is 11.7 Å². The number of hydrogen-bond acceptors (Lipinski definition) is 4. The van der Waals surface area contributed by atoms with Crippen LogP contribution in [0.25, 0.3) is 0 Å². The molecule has 0 aromatic carbocycles. The van der Waals surface area contributed by atoms with Crippen LogP contribution in [-0.4, -0.2) is 39.9 Å². The molecule has 0 saturated carbocycles. The molecule has 0 bridgehead atoms. The molecule has 1 aromatic heterocycles. The van der Waals surface area contributed by atoms with E-state index in [4.69, 9.17) is 23.1 Å². The molecular formula is C14H23N5S. The Hall–Kier alpha value is -1.14. The zero-order valence-electron chi connectivity index (χ0n) is 12.1. The number of anilines is 1. The van der Waals surface area contributed by atoms with E-state index in [-0.39, 0.29) is 0 Å². The molecular weight excluding hydrogens is 270 g/mol. The van der Waals surface area contributed by atoms with Crippen LogP contribution in [0.3, 0.4) is 0 Å². The van der Waals surface area contributed by atoms with Crippen LogP contribution in [0.2, 0.25) is 0 Å². The maximum atomic E-state index is 5.84. The highest BCUT2D eigenvalue weighted by atomic mass is 32.1. The largest absolute Gasteiger partial charge is 0.374 e. The highest BCUT2D eigenvalue weighted by Gasteiger charge is 2.29. The molecule has 1 unspecified atom stereocenters. The van der Waals surface area contributed by atoms with Gasteiger partial charge in [-0.2, -0.15) is 9.78 Å². The number of fused-ring (bicyclic) bond motifs is 1. The number of nitrogens with one attached hydrogen (secondary N) is 1. The molecule has 3 N–H and O–H groups in total. The topological polar surface area (TPSA) is 59.1 Å². The highest BCUT2D eigenvalue weighted by Crippen LogP contribution is 2.35. The van der Waals surface area contributed by atoms with E-state index in [1.165, 1.54) is 43.4 Å². The Balaban J connectivity index is 2.03. The van der Waals surface area contributed by atoms with Gasteiger partial charge in [0.25, 0.3) is 0 Å². The van der Waals surface area contributed by atoms with Crippen molar-refractivity contribution < 1.29 is 0 Å². The van der Waals surface area contributed by atoms with Gasteiger partial charge in [0, 0.05) is 12.1 Å². The Morgan fingerprint density at radius 2 is 2.20 bits per heavy atom. The summed E-state index contributed by atoms with van der Waals surface area (Å²) in [7, 11) is 2.19. The summed E-state index contributed by atoms with van der Waals surface area (Å²) in [4.78, 5) is 2.42. The van der Waals surface area contributed by atoms with Gasteiger partial charge in [0.2, 0.25) is 0 Å². The Morgan fingerprint density at radius 1 is 1.35 bits per heavy atom. The maximum absolute atomic E-state index is 5.84. The number of hydrogen-bond donors (Lipinski definition) is 2. The molecule has 0 aliphatic carbocycles. The van der Waals surface area contributed by atoms with Crippen molar-refractivity contribution in [2.75, 3.05) is 25.5 Å². The lowest BCUT2D eigenvalue weighted by Gasteiger charge is -2.31. The molecule has 1 atom stereocenters. The second kappa shape index (κ2) is 5.69.